The fourth-order valence-electron chi connectivity index (χ4n) is 13.3. The maximum atomic E-state index is 12.7. The van der Waals surface area contributed by atoms with Crippen molar-refractivity contribution in [3.8, 4) is 50.6 Å². The summed E-state index contributed by atoms with van der Waals surface area (Å²) < 4.78 is 13.3. The van der Waals surface area contributed by atoms with Crippen LogP contribution < -0.4 is 26.5 Å². The van der Waals surface area contributed by atoms with Crippen LogP contribution in [-0.2, 0) is 18.8 Å². The van der Waals surface area contributed by atoms with Gasteiger partial charge >= 0.3 is 23.1 Å². The molecule has 15 rings (SSSR count). The molecule has 0 aromatic heterocycles. The average molecular weight is 1480 g/mol. The van der Waals surface area contributed by atoms with Crippen molar-refractivity contribution in [3.05, 3.63) is 484 Å². The third-order valence-electron chi connectivity index (χ3n) is 18.4. The quantitative estimate of drug-likeness (QED) is 0.0511. The van der Waals surface area contributed by atoms with Crippen LogP contribution in [0.1, 0.15) is 113 Å². The largest absolute Gasteiger partial charge is 2.00 e. The number of halogens is 1. The maximum absolute atomic E-state index is 12.7. The Balaban J connectivity index is 0.000000238. The number of aromatic hydroxyl groups is 1. The maximum Gasteiger partial charge on any atom is 2.00 e. The Kier molecular flexibility index (Phi) is 32.8. The minimum atomic E-state index is -1.40. The Bertz CT molecular complexity index is 5020. The molecular weight excluding hydrogens is 1380 g/mol. The van der Waals surface area contributed by atoms with Gasteiger partial charge in [0.2, 0.25) is 0 Å². The predicted molar refractivity (Wildman–Crippen MR) is 449 cm³/mol. The van der Waals surface area contributed by atoms with E-state index in [1.807, 2.05) is 201 Å². The number of para-hydroxylation sites is 3. The van der Waals surface area contributed by atoms with Crippen LogP contribution in [0.4, 0.5) is 0 Å². The van der Waals surface area contributed by atoms with Crippen molar-refractivity contribution in [2.24, 2.45) is 0 Å². The molecule has 0 fully saturated rings. The Morgan fingerprint density at radius 1 is 0.318 bits per heavy atom. The first-order valence-electron chi connectivity index (χ1n) is 34.8. The van der Waals surface area contributed by atoms with Gasteiger partial charge in [0.1, 0.15) is 36.1 Å². The number of hydrogen-bond donors (Lipinski definition) is 2. The van der Waals surface area contributed by atoms with Crippen LogP contribution in [0.3, 0.4) is 0 Å². The molecule has 107 heavy (non-hydrogen) atoms. The van der Waals surface area contributed by atoms with Crippen molar-refractivity contribution in [1.29, 1.82) is 0 Å². The molecule has 0 saturated carbocycles. The molecular formula is C101H97BrMgO4. The number of phenols is 1. The zero-order valence-electron chi connectivity index (χ0n) is 59.0. The summed E-state index contributed by atoms with van der Waals surface area (Å²) in [7, 11) is 0. The standard InChI is InChI=1S/C33H28O2.C33H28O.C26H22O.C6H5.3CH4.BrH.Mg.H2/c1-25-14-11-12-22-30(25)33(34,28-19-9-4-10-20-28)31-23-13-21-29(27-17-7-3-8-18-27)32(31)35-24-26-15-5-2-6-16-26;1-25-14-11-12-21-29(25)32(28-19-9-4-10-20-28)31-23-13-22-30(27-17-7-3-8-18-27)33(31)34-24-26-15-5-2-6-16-26;1-19-11-8-9-16-22(19)25(21-14-6-3-7-15-21)24-18-10-17-23(26(24)27)20-12-4-2-5-13-20;1-2-4-6-5-3-1;;;;;;/h2-23,34H,24H2,1H3;2-23,32H,24H2,1H3;2-18,25,27H,1H3;1-5H;3*1H4;1H;;1H/q;;;-1;;;;;+2;/p-1. The number of ether oxygens (including phenoxy) is 2. The molecule has 0 heterocycles. The van der Waals surface area contributed by atoms with Crippen molar-refractivity contribution in [3.63, 3.8) is 0 Å². The Hall–Kier alpha value is -11.1. The van der Waals surface area contributed by atoms with Gasteiger partial charge in [0.05, 0.1) is 0 Å². The van der Waals surface area contributed by atoms with E-state index in [0.29, 0.717) is 24.7 Å². The van der Waals surface area contributed by atoms with Gasteiger partial charge in [0.15, 0.2) is 0 Å². The second-order valence-electron chi connectivity index (χ2n) is 25.2. The van der Waals surface area contributed by atoms with Crippen LogP contribution in [0.15, 0.2) is 400 Å². The van der Waals surface area contributed by atoms with Crippen LogP contribution in [0.5, 0.6) is 17.2 Å². The van der Waals surface area contributed by atoms with Crippen LogP contribution >= 0.6 is 0 Å². The third kappa shape index (κ3) is 20.9. The van der Waals surface area contributed by atoms with E-state index >= 15 is 0 Å². The Morgan fingerprint density at radius 2 is 0.636 bits per heavy atom. The van der Waals surface area contributed by atoms with Crippen molar-refractivity contribution >= 4 is 23.1 Å². The molecule has 0 aliphatic heterocycles. The van der Waals surface area contributed by atoms with Crippen molar-refractivity contribution in [2.75, 3.05) is 0 Å². The normalized spacial score (nSPS) is 11.3. The average Bonchev–Trinajstić information content (AvgIpc) is 0.747. The van der Waals surface area contributed by atoms with E-state index in [4.69, 9.17) is 9.47 Å². The minimum absolute atomic E-state index is 0. The van der Waals surface area contributed by atoms with E-state index in [1.165, 1.54) is 38.9 Å². The molecule has 0 amide bonds. The Morgan fingerprint density at radius 3 is 1.07 bits per heavy atom. The molecule has 2 N–H and O–H groups in total. The van der Waals surface area contributed by atoms with Crippen LogP contribution in [0.25, 0.3) is 33.4 Å². The first-order chi connectivity index (χ1) is 50.2. The van der Waals surface area contributed by atoms with E-state index < -0.39 is 5.60 Å². The summed E-state index contributed by atoms with van der Waals surface area (Å²) in [6.07, 6.45) is 0. The van der Waals surface area contributed by atoms with Crippen molar-refractivity contribution < 1.29 is 38.1 Å². The summed E-state index contributed by atoms with van der Waals surface area (Å²) in [5.41, 5.74) is 19.9. The van der Waals surface area contributed by atoms with Gasteiger partial charge < -0.3 is 36.7 Å². The van der Waals surface area contributed by atoms with Gasteiger partial charge in [0, 0.05) is 46.6 Å². The van der Waals surface area contributed by atoms with Gasteiger partial charge in [0.25, 0.3) is 0 Å². The topological polar surface area (TPSA) is 58.9 Å². The molecule has 0 radical (unpaired) electrons. The molecule has 6 heteroatoms. The molecule has 15 aromatic carbocycles. The van der Waals surface area contributed by atoms with E-state index in [9.17, 15) is 10.2 Å². The molecule has 0 bridgehead atoms. The summed E-state index contributed by atoms with van der Waals surface area (Å²) >= 11 is 0. The zero-order chi connectivity index (χ0) is 70.1. The molecule has 534 valence electrons. The summed E-state index contributed by atoms with van der Waals surface area (Å²) in [6.45, 7) is 7.28. The van der Waals surface area contributed by atoms with Gasteiger partial charge in [-0.05, 0) is 98.7 Å². The summed E-state index contributed by atoms with van der Waals surface area (Å²) in [4.78, 5) is 0. The van der Waals surface area contributed by atoms with Crippen molar-refractivity contribution in [2.45, 2.75) is 73.7 Å². The first-order valence-corrected chi connectivity index (χ1v) is 34.8. The summed E-state index contributed by atoms with van der Waals surface area (Å²) in [5, 5.41) is 23.9. The fourth-order valence-corrected chi connectivity index (χ4v) is 13.3. The molecule has 0 spiro atoms. The molecule has 3 unspecified atom stereocenters. The molecule has 4 nitrogen and oxygen atoms in total. The van der Waals surface area contributed by atoms with Gasteiger partial charge in [-0.25, -0.2) is 0 Å². The zero-order valence-corrected chi connectivity index (χ0v) is 62.0. The Labute approximate surface area is 664 Å². The smallest absolute Gasteiger partial charge is 1.00 e. The molecule has 15 aromatic rings. The van der Waals surface area contributed by atoms with E-state index in [2.05, 4.69) is 226 Å². The van der Waals surface area contributed by atoms with Crippen LogP contribution in [0, 0.1) is 26.8 Å². The number of hydrogen-bond acceptors (Lipinski definition) is 4. The second kappa shape index (κ2) is 42.2. The monoisotopic (exact) mass is 1480 g/mol. The molecule has 0 saturated heterocycles. The third-order valence-corrected chi connectivity index (χ3v) is 18.4. The number of rotatable bonds is 18. The number of aryl methyl sites for hydroxylation is 3. The van der Waals surface area contributed by atoms with Crippen LogP contribution in [-0.4, -0.2) is 33.3 Å². The number of benzene rings is 15. The fraction of sp³-hybridized carbons (Fsp3) is 0.109. The number of aliphatic hydroxyl groups is 1. The van der Waals surface area contributed by atoms with Gasteiger partial charge in [-0.1, -0.05) is 392 Å². The van der Waals surface area contributed by atoms with Crippen molar-refractivity contribution in [1.82, 2.24) is 0 Å². The molecule has 0 aliphatic carbocycles. The molecule has 0 aliphatic rings. The number of phenolic OH excluding ortho intramolecular Hbond substituents is 1. The summed E-state index contributed by atoms with van der Waals surface area (Å²) in [6, 6.07) is 138. The van der Waals surface area contributed by atoms with E-state index in [0.717, 1.165) is 78.1 Å². The molecule has 3 atom stereocenters. The first kappa shape index (κ1) is 83.2. The van der Waals surface area contributed by atoms with Gasteiger partial charge in [-0.2, -0.15) is 36.4 Å². The van der Waals surface area contributed by atoms with Crippen LogP contribution in [0.2, 0.25) is 0 Å². The summed E-state index contributed by atoms with van der Waals surface area (Å²) in [5.74, 6) is 2.01. The van der Waals surface area contributed by atoms with E-state index in [1.54, 1.807) is 0 Å². The van der Waals surface area contributed by atoms with Gasteiger partial charge in [-0.3, -0.25) is 0 Å². The SMILES string of the molecule is C.C.C.Cc1ccccc1C(O)(c1ccccc1)c1cccc(-c2ccccc2)c1OCc1ccccc1.Cc1ccccc1C(c1ccccc1)c1cccc(-c2ccccc2)c1O.Cc1ccccc1C(c1ccccc1)c1cccc(-c2ccccc2)c1OCc1ccccc1.[Br-].[HH].[Mg+2].[c-]1ccccc1. The second-order valence-corrected chi connectivity index (χ2v) is 25.2. The van der Waals surface area contributed by atoms with Gasteiger partial charge in [-0.15, -0.1) is 0 Å². The minimum Gasteiger partial charge on any atom is -1.00 e. The predicted octanol–water partition coefficient (Wildman–Crippen LogP) is 22.8. The van der Waals surface area contributed by atoms with E-state index in [-0.39, 0.29) is 75.6 Å².